The van der Waals surface area contributed by atoms with E-state index in [1.165, 1.54) is 5.56 Å². The molecule has 20 heavy (non-hydrogen) atoms. The number of carbonyl (C=O) groups excluding carboxylic acids is 1. The van der Waals surface area contributed by atoms with E-state index >= 15 is 0 Å². The van der Waals surface area contributed by atoms with Crippen LogP contribution in [0.3, 0.4) is 0 Å². The van der Waals surface area contributed by atoms with Crippen molar-refractivity contribution in [3.63, 3.8) is 0 Å². The quantitative estimate of drug-likeness (QED) is 0.759. The Morgan fingerprint density at radius 3 is 2.65 bits per heavy atom. The van der Waals surface area contributed by atoms with E-state index in [-0.39, 0.29) is 11.4 Å². The topological polar surface area (TPSA) is 26.3 Å². The van der Waals surface area contributed by atoms with Gasteiger partial charge in [0.2, 0.25) is 0 Å². The molecular weight excluding hydrogens is 248 g/mol. The molecule has 3 rings (SSSR count). The van der Waals surface area contributed by atoms with Crippen LogP contribution in [-0.4, -0.2) is 11.4 Å². The predicted molar refractivity (Wildman–Crippen MR) is 80.3 cm³/mol. The van der Waals surface area contributed by atoms with Crippen molar-refractivity contribution in [2.45, 2.75) is 32.8 Å². The van der Waals surface area contributed by atoms with E-state index in [0.29, 0.717) is 0 Å². The molecule has 0 unspecified atom stereocenters. The summed E-state index contributed by atoms with van der Waals surface area (Å²) in [7, 11) is 0. The highest BCUT2D eigenvalue weighted by molar-refractivity contribution is 6.00. The Balaban J connectivity index is 2.08. The second-order valence-electron chi connectivity index (χ2n) is 5.96. The van der Waals surface area contributed by atoms with Gasteiger partial charge < -0.3 is 4.74 Å². The molecule has 1 aliphatic heterocycles. The van der Waals surface area contributed by atoms with Gasteiger partial charge in [0, 0.05) is 12.0 Å². The van der Waals surface area contributed by atoms with Crippen LogP contribution in [-0.2, 0) is 6.42 Å². The van der Waals surface area contributed by atoms with E-state index in [2.05, 4.69) is 19.9 Å². The summed E-state index contributed by atoms with van der Waals surface area (Å²) in [6, 6.07) is 13.9. The molecule has 0 aromatic heterocycles. The first kappa shape index (κ1) is 12.9. The van der Waals surface area contributed by atoms with Gasteiger partial charge in [0.15, 0.2) is 5.78 Å². The van der Waals surface area contributed by atoms with E-state index in [4.69, 9.17) is 4.74 Å². The second-order valence-corrected chi connectivity index (χ2v) is 5.96. The van der Waals surface area contributed by atoms with Crippen molar-refractivity contribution in [1.82, 2.24) is 0 Å². The molecule has 102 valence electrons. The highest BCUT2D eigenvalue weighted by Gasteiger charge is 2.30. The third-order valence-corrected chi connectivity index (χ3v) is 3.68. The normalized spacial score (nSPS) is 15.6. The van der Waals surface area contributed by atoms with Crippen molar-refractivity contribution in [2.24, 2.45) is 0 Å². The van der Waals surface area contributed by atoms with Crippen LogP contribution in [0.1, 0.15) is 36.7 Å². The Morgan fingerprint density at radius 1 is 1.15 bits per heavy atom. The number of benzene rings is 2. The molecule has 0 radical (unpaired) electrons. The van der Waals surface area contributed by atoms with Crippen molar-refractivity contribution in [1.29, 1.82) is 0 Å². The smallest absolute Gasteiger partial charge is 0.160 e. The molecule has 0 atom stereocenters. The number of rotatable bonds is 2. The molecule has 0 bridgehead atoms. The number of hydrogen-bond acceptors (Lipinski definition) is 2. The SMILES string of the molecule is CC(=O)c1ccccc1-c1ccc2c(c1)CC(C)(C)O2. The molecule has 2 nitrogen and oxygen atoms in total. The molecule has 0 spiro atoms. The summed E-state index contributed by atoms with van der Waals surface area (Å²) >= 11 is 0. The lowest BCUT2D eigenvalue weighted by Gasteiger charge is -2.16. The molecule has 0 saturated carbocycles. The van der Waals surface area contributed by atoms with Crippen molar-refractivity contribution < 1.29 is 9.53 Å². The molecule has 0 N–H and O–H groups in total. The third kappa shape index (κ3) is 2.22. The molecule has 2 aromatic carbocycles. The lowest BCUT2D eigenvalue weighted by Crippen LogP contribution is -2.24. The standard InChI is InChI=1S/C18H18O2/c1-12(19)15-6-4-5-7-16(15)13-8-9-17-14(10-13)11-18(2,3)20-17/h4-10H,11H2,1-3H3. The summed E-state index contributed by atoms with van der Waals surface area (Å²) in [4.78, 5) is 11.8. The fraction of sp³-hybridized carbons (Fsp3) is 0.278. The fourth-order valence-corrected chi connectivity index (χ4v) is 2.82. The molecule has 0 aliphatic carbocycles. The van der Waals surface area contributed by atoms with Gasteiger partial charge in [-0.2, -0.15) is 0 Å². The van der Waals surface area contributed by atoms with Crippen molar-refractivity contribution in [3.05, 3.63) is 53.6 Å². The summed E-state index contributed by atoms with van der Waals surface area (Å²) in [5, 5.41) is 0. The Hall–Kier alpha value is -2.09. The number of ether oxygens (including phenoxy) is 1. The molecule has 1 heterocycles. The van der Waals surface area contributed by atoms with Crippen LogP contribution < -0.4 is 4.74 Å². The van der Waals surface area contributed by atoms with Crippen LogP contribution in [0.5, 0.6) is 5.75 Å². The maximum atomic E-state index is 11.8. The van der Waals surface area contributed by atoms with Crippen LogP contribution in [0.15, 0.2) is 42.5 Å². The van der Waals surface area contributed by atoms with Crippen LogP contribution >= 0.6 is 0 Å². The minimum absolute atomic E-state index is 0.0951. The highest BCUT2D eigenvalue weighted by Crippen LogP contribution is 2.37. The van der Waals surface area contributed by atoms with Gasteiger partial charge >= 0.3 is 0 Å². The molecular formula is C18H18O2. The average Bonchev–Trinajstić information content (AvgIpc) is 2.71. The maximum Gasteiger partial charge on any atom is 0.160 e. The van der Waals surface area contributed by atoms with E-state index in [9.17, 15) is 4.79 Å². The first-order valence-electron chi connectivity index (χ1n) is 6.88. The number of hydrogen-bond donors (Lipinski definition) is 0. The van der Waals surface area contributed by atoms with E-state index < -0.39 is 0 Å². The van der Waals surface area contributed by atoms with Crippen LogP contribution in [0.25, 0.3) is 11.1 Å². The maximum absolute atomic E-state index is 11.8. The Morgan fingerprint density at radius 2 is 1.90 bits per heavy atom. The molecule has 0 fully saturated rings. The molecule has 2 heteroatoms. The van der Waals surface area contributed by atoms with Crippen LogP contribution in [0.4, 0.5) is 0 Å². The Bertz CT molecular complexity index is 684. The number of fused-ring (bicyclic) bond motifs is 1. The zero-order valence-electron chi connectivity index (χ0n) is 12.1. The lowest BCUT2D eigenvalue weighted by molar-refractivity contribution is 0.101. The summed E-state index contributed by atoms with van der Waals surface area (Å²) in [6.07, 6.45) is 0.901. The van der Waals surface area contributed by atoms with E-state index in [1.54, 1.807) is 6.92 Å². The number of ketones is 1. The van der Waals surface area contributed by atoms with Gasteiger partial charge in [0.1, 0.15) is 11.4 Å². The third-order valence-electron chi connectivity index (χ3n) is 3.68. The van der Waals surface area contributed by atoms with Gasteiger partial charge in [-0.3, -0.25) is 4.79 Å². The Kier molecular flexibility index (Phi) is 2.89. The van der Waals surface area contributed by atoms with Gasteiger partial charge in [-0.1, -0.05) is 30.3 Å². The lowest BCUT2D eigenvalue weighted by atomic mass is 9.94. The average molecular weight is 266 g/mol. The first-order valence-corrected chi connectivity index (χ1v) is 6.88. The Labute approximate surface area is 119 Å². The van der Waals surface area contributed by atoms with E-state index in [0.717, 1.165) is 28.9 Å². The summed E-state index contributed by atoms with van der Waals surface area (Å²) in [5.41, 5.74) is 3.92. The zero-order valence-corrected chi connectivity index (χ0v) is 12.1. The summed E-state index contributed by atoms with van der Waals surface area (Å²) in [5.74, 6) is 1.05. The molecule has 2 aromatic rings. The van der Waals surface area contributed by atoms with Gasteiger partial charge in [-0.25, -0.2) is 0 Å². The van der Waals surface area contributed by atoms with Crippen molar-refractivity contribution >= 4 is 5.78 Å². The summed E-state index contributed by atoms with van der Waals surface area (Å²) < 4.78 is 5.90. The monoisotopic (exact) mass is 266 g/mol. The second kappa shape index (κ2) is 4.48. The van der Waals surface area contributed by atoms with Crippen LogP contribution in [0.2, 0.25) is 0 Å². The number of Topliss-reactive ketones (excluding diaryl/α,β-unsaturated/α-hetero) is 1. The largest absolute Gasteiger partial charge is 0.487 e. The van der Waals surface area contributed by atoms with Crippen molar-refractivity contribution in [3.8, 4) is 16.9 Å². The molecule has 1 aliphatic rings. The number of carbonyl (C=O) groups is 1. The molecule has 0 amide bonds. The minimum Gasteiger partial charge on any atom is -0.487 e. The molecule has 0 saturated heterocycles. The first-order chi connectivity index (χ1) is 9.46. The van der Waals surface area contributed by atoms with Gasteiger partial charge in [0.25, 0.3) is 0 Å². The predicted octanol–water partition coefficient (Wildman–Crippen LogP) is 4.27. The van der Waals surface area contributed by atoms with Gasteiger partial charge in [0.05, 0.1) is 0 Å². The fourth-order valence-electron chi connectivity index (χ4n) is 2.82. The summed E-state index contributed by atoms with van der Waals surface area (Å²) in [6.45, 7) is 5.80. The minimum atomic E-state index is -0.138. The highest BCUT2D eigenvalue weighted by atomic mass is 16.5. The van der Waals surface area contributed by atoms with E-state index in [1.807, 2.05) is 36.4 Å². The van der Waals surface area contributed by atoms with Crippen LogP contribution in [0, 0.1) is 0 Å². The zero-order chi connectivity index (χ0) is 14.3. The van der Waals surface area contributed by atoms with Gasteiger partial charge in [-0.15, -0.1) is 0 Å². The van der Waals surface area contributed by atoms with Gasteiger partial charge in [-0.05, 0) is 49.6 Å². The van der Waals surface area contributed by atoms with Crippen molar-refractivity contribution in [2.75, 3.05) is 0 Å².